The van der Waals surface area contributed by atoms with E-state index in [4.69, 9.17) is 10.2 Å². The van der Waals surface area contributed by atoms with Crippen molar-refractivity contribution in [2.24, 2.45) is 5.73 Å². The summed E-state index contributed by atoms with van der Waals surface area (Å²) >= 11 is 0. The van der Waals surface area contributed by atoms with E-state index in [0.29, 0.717) is 17.4 Å². The monoisotopic (exact) mass is 308 g/mol. The fraction of sp³-hybridized carbons (Fsp3) is 0.263. The van der Waals surface area contributed by atoms with E-state index in [2.05, 4.69) is 17.1 Å². The van der Waals surface area contributed by atoms with Crippen LogP contribution in [0, 0.1) is 0 Å². The van der Waals surface area contributed by atoms with Gasteiger partial charge in [0.25, 0.3) is 0 Å². The Bertz CT molecular complexity index is 847. The lowest BCUT2D eigenvalue weighted by atomic mass is 10.1. The molecule has 4 nitrogen and oxygen atoms in total. The molecule has 4 rings (SSSR count). The lowest BCUT2D eigenvalue weighted by Gasteiger charge is -1.98. The van der Waals surface area contributed by atoms with Crippen LogP contribution in [-0.2, 0) is 0 Å². The molecular formula is C19H20N2O2. The van der Waals surface area contributed by atoms with Gasteiger partial charge in [0, 0.05) is 11.1 Å². The van der Waals surface area contributed by atoms with Gasteiger partial charge in [-0.2, -0.15) is 0 Å². The maximum Gasteiger partial charge on any atom is 0.248 e. The lowest BCUT2D eigenvalue weighted by molar-refractivity contribution is 0.100. The summed E-state index contributed by atoms with van der Waals surface area (Å²) in [4.78, 5) is 15.7. The molecule has 1 saturated carbocycles. The van der Waals surface area contributed by atoms with Gasteiger partial charge in [-0.3, -0.25) is 4.79 Å². The molecule has 1 amide bonds. The van der Waals surface area contributed by atoms with Gasteiger partial charge >= 0.3 is 0 Å². The summed E-state index contributed by atoms with van der Waals surface area (Å²) in [5, 5.41) is 0. The minimum absolute atomic E-state index is 0.452. The Kier molecular flexibility index (Phi) is 4.15. The van der Waals surface area contributed by atoms with Gasteiger partial charge in [0.05, 0.1) is 0 Å². The van der Waals surface area contributed by atoms with Crippen molar-refractivity contribution in [3.63, 3.8) is 0 Å². The molecule has 0 unspecified atom stereocenters. The molecule has 0 spiro atoms. The van der Waals surface area contributed by atoms with Crippen molar-refractivity contribution in [3.8, 4) is 11.5 Å². The first-order chi connectivity index (χ1) is 11.2. The number of primary amides is 1. The Hall–Kier alpha value is -2.62. The van der Waals surface area contributed by atoms with E-state index in [-0.39, 0.29) is 0 Å². The van der Waals surface area contributed by atoms with Crippen molar-refractivity contribution in [2.75, 3.05) is 0 Å². The first-order valence-corrected chi connectivity index (χ1v) is 8.01. The molecule has 1 aliphatic rings. The first kappa shape index (κ1) is 15.3. The van der Waals surface area contributed by atoms with E-state index < -0.39 is 5.91 Å². The standard InChI is InChI=1S/C17H14N2O2.C2H6/c18-16(20)12-2-1-3-13(8-12)17-19-14-7-6-11(10-4-5-10)9-15(14)21-17;1-2/h1-3,6-10H,4-5H2,(H2,18,20);1-2H3. The molecule has 23 heavy (non-hydrogen) atoms. The fourth-order valence-corrected chi connectivity index (χ4v) is 2.54. The number of hydrogen-bond acceptors (Lipinski definition) is 3. The minimum Gasteiger partial charge on any atom is -0.436 e. The third-order valence-electron chi connectivity index (χ3n) is 3.86. The van der Waals surface area contributed by atoms with Crippen LogP contribution in [0.15, 0.2) is 46.9 Å². The van der Waals surface area contributed by atoms with E-state index in [1.165, 1.54) is 18.4 Å². The van der Waals surface area contributed by atoms with Crippen molar-refractivity contribution < 1.29 is 9.21 Å². The Morgan fingerprint density at radius 3 is 2.65 bits per heavy atom. The molecule has 1 fully saturated rings. The smallest absolute Gasteiger partial charge is 0.248 e. The zero-order chi connectivity index (χ0) is 16.4. The van der Waals surface area contributed by atoms with Crippen LogP contribution in [0.1, 0.15) is 48.5 Å². The largest absolute Gasteiger partial charge is 0.436 e. The van der Waals surface area contributed by atoms with Gasteiger partial charge < -0.3 is 10.2 Å². The van der Waals surface area contributed by atoms with Crippen molar-refractivity contribution in [1.29, 1.82) is 0 Å². The van der Waals surface area contributed by atoms with Crippen molar-refractivity contribution in [1.82, 2.24) is 4.98 Å². The molecule has 1 aromatic heterocycles. The van der Waals surface area contributed by atoms with Crippen LogP contribution in [0.25, 0.3) is 22.6 Å². The van der Waals surface area contributed by atoms with E-state index in [1.54, 1.807) is 18.2 Å². The molecule has 4 heteroatoms. The average molecular weight is 308 g/mol. The number of aromatic nitrogens is 1. The number of benzene rings is 2. The zero-order valence-electron chi connectivity index (χ0n) is 13.4. The molecule has 2 N–H and O–H groups in total. The van der Waals surface area contributed by atoms with Crippen LogP contribution in [-0.4, -0.2) is 10.9 Å². The molecule has 0 aliphatic heterocycles. The number of nitrogens with zero attached hydrogens (tertiary/aromatic N) is 1. The number of amides is 1. The number of rotatable bonds is 3. The summed E-state index contributed by atoms with van der Waals surface area (Å²) in [5.74, 6) is 0.742. The lowest BCUT2D eigenvalue weighted by Crippen LogP contribution is -2.10. The predicted octanol–water partition coefficient (Wildman–Crippen LogP) is 4.50. The maximum atomic E-state index is 11.3. The first-order valence-electron chi connectivity index (χ1n) is 8.01. The summed E-state index contributed by atoms with van der Waals surface area (Å²) in [6.45, 7) is 4.00. The van der Waals surface area contributed by atoms with E-state index in [1.807, 2.05) is 26.0 Å². The highest BCUT2D eigenvalue weighted by molar-refractivity contribution is 5.94. The molecule has 0 saturated heterocycles. The second-order valence-electron chi connectivity index (χ2n) is 5.47. The van der Waals surface area contributed by atoms with Crippen molar-refractivity contribution in [3.05, 3.63) is 53.6 Å². The molecule has 3 aromatic rings. The highest BCUT2D eigenvalue weighted by atomic mass is 16.3. The van der Waals surface area contributed by atoms with E-state index in [9.17, 15) is 4.79 Å². The molecule has 0 bridgehead atoms. The summed E-state index contributed by atoms with van der Waals surface area (Å²) in [5.41, 5.74) is 9.46. The zero-order valence-corrected chi connectivity index (χ0v) is 13.4. The Morgan fingerprint density at radius 2 is 1.96 bits per heavy atom. The number of oxazole rings is 1. The third-order valence-corrected chi connectivity index (χ3v) is 3.86. The number of carbonyl (C=O) groups excluding carboxylic acids is 1. The summed E-state index contributed by atoms with van der Waals surface area (Å²) < 4.78 is 5.84. The van der Waals surface area contributed by atoms with Gasteiger partial charge in [-0.1, -0.05) is 26.0 Å². The number of nitrogens with two attached hydrogens (primary N) is 1. The second-order valence-corrected chi connectivity index (χ2v) is 5.47. The van der Waals surface area contributed by atoms with Crippen LogP contribution in [0.3, 0.4) is 0 Å². The summed E-state index contributed by atoms with van der Waals surface area (Å²) in [7, 11) is 0. The van der Waals surface area contributed by atoms with Gasteiger partial charge in [-0.25, -0.2) is 4.98 Å². The maximum absolute atomic E-state index is 11.3. The highest BCUT2D eigenvalue weighted by Gasteiger charge is 2.24. The predicted molar refractivity (Wildman–Crippen MR) is 91.3 cm³/mol. The Morgan fingerprint density at radius 1 is 1.17 bits per heavy atom. The molecule has 0 atom stereocenters. The molecule has 1 heterocycles. The SMILES string of the molecule is CC.NC(=O)c1cccc(-c2nc3ccc(C4CC4)cc3o2)c1. The van der Waals surface area contributed by atoms with Gasteiger partial charge in [-0.15, -0.1) is 0 Å². The quantitative estimate of drug-likeness (QED) is 0.774. The number of carbonyl (C=O) groups is 1. The van der Waals surface area contributed by atoms with Crippen LogP contribution in [0.4, 0.5) is 0 Å². The summed E-state index contributed by atoms with van der Waals surface area (Å²) in [6.07, 6.45) is 2.51. The molecule has 0 radical (unpaired) electrons. The van der Waals surface area contributed by atoms with Crippen molar-refractivity contribution in [2.45, 2.75) is 32.6 Å². The van der Waals surface area contributed by atoms with Gasteiger partial charge in [0.1, 0.15) is 5.52 Å². The second kappa shape index (κ2) is 6.24. The van der Waals surface area contributed by atoms with Gasteiger partial charge in [0.15, 0.2) is 5.58 Å². The molecule has 1 aliphatic carbocycles. The van der Waals surface area contributed by atoms with Gasteiger partial charge in [-0.05, 0) is 54.7 Å². The minimum atomic E-state index is -0.455. The van der Waals surface area contributed by atoms with Crippen LogP contribution >= 0.6 is 0 Å². The highest BCUT2D eigenvalue weighted by Crippen LogP contribution is 2.41. The van der Waals surface area contributed by atoms with E-state index >= 15 is 0 Å². The summed E-state index contributed by atoms with van der Waals surface area (Å²) in [6, 6.07) is 13.2. The van der Waals surface area contributed by atoms with Crippen LogP contribution in [0.5, 0.6) is 0 Å². The Labute approximate surface area is 135 Å². The number of fused-ring (bicyclic) bond motifs is 1. The van der Waals surface area contributed by atoms with Crippen LogP contribution in [0.2, 0.25) is 0 Å². The molecule has 2 aromatic carbocycles. The van der Waals surface area contributed by atoms with E-state index in [0.717, 1.165) is 16.7 Å². The molecule has 118 valence electrons. The van der Waals surface area contributed by atoms with Crippen LogP contribution < -0.4 is 5.73 Å². The van der Waals surface area contributed by atoms with Gasteiger partial charge in [0.2, 0.25) is 11.8 Å². The number of hydrogen-bond donors (Lipinski definition) is 1. The normalized spacial score (nSPS) is 13.5. The molecular weight excluding hydrogens is 288 g/mol. The topological polar surface area (TPSA) is 69.1 Å². The fourth-order valence-electron chi connectivity index (χ4n) is 2.54. The third kappa shape index (κ3) is 3.11. The van der Waals surface area contributed by atoms with Crippen molar-refractivity contribution >= 4 is 17.0 Å². The Balaban J connectivity index is 0.000000753. The average Bonchev–Trinajstić information content (AvgIpc) is 3.35.